The molecule has 4 rings (SSSR count). The van der Waals surface area contributed by atoms with E-state index in [0.29, 0.717) is 24.7 Å². The third-order valence-electron chi connectivity index (χ3n) is 6.65. The number of benzene rings is 1. The maximum Gasteiger partial charge on any atom is 0.225 e. The quantitative estimate of drug-likeness (QED) is 0.717. The lowest BCUT2D eigenvalue weighted by Crippen LogP contribution is -2.50. The summed E-state index contributed by atoms with van der Waals surface area (Å²) in [5.74, 6) is 0.0584. The Bertz CT molecular complexity index is 903. The van der Waals surface area contributed by atoms with Crippen LogP contribution in [0, 0.1) is 13.8 Å². The second kappa shape index (κ2) is 10.1. The molecule has 32 heavy (non-hydrogen) atoms. The predicted molar refractivity (Wildman–Crippen MR) is 127 cm³/mol. The van der Waals surface area contributed by atoms with Crippen molar-refractivity contribution in [3.63, 3.8) is 0 Å². The van der Waals surface area contributed by atoms with Crippen LogP contribution in [0.2, 0.25) is 0 Å². The van der Waals surface area contributed by atoms with Crippen molar-refractivity contribution in [2.24, 2.45) is 0 Å². The first-order valence-corrected chi connectivity index (χ1v) is 11.9. The number of para-hydroxylation sites is 1. The molecule has 0 saturated carbocycles. The van der Waals surface area contributed by atoms with Crippen molar-refractivity contribution in [3.05, 3.63) is 41.7 Å². The number of aryl methyl sites for hydroxylation is 1. The maximum absolute atomic E-state index is 12.8. The fourth-order valence-electron chi connectivity index (χ4n) is 5.22. The summed E-state index contributed by atoms with van der Waals surface area (Å²) in [6.07, 6.45) is 3.51. The zero-order valence-electron chi connectivity index (χ0n) is 19.9. The van der Waals surface area contributed by atoms with E-state index < -0.39 is 0 Å². The molecule has 0 spiro atoms. The van der Waals surface area contributed by atoms with Gasteiger partial charge in [-0.15, -0.1) is 0 Å². The molecule has 2 aliphatic rings. The molecule has 1 aromatic carbocycles. The van der Waals surface area contributed by atoms with E-state index in [0.717, 1.165) is 55.5 Å². The third kappa shape index (κ3) is 5.39. The second-order valence-corrected chi connectivity index (χ2v) is 9.40. The highest BCUT2D eigenvalue weighted by Gasteiger charge is 2.30. The highest BCUT2D eigenvalue weighted by Crippen LogP contribution is 2.24. The zero-order chi connectivity index (χ0) is 22.7. The molecule has 1 aromatic heterocycles. The summed E-state index contributed by atoms with van der Waals surface area (Å²) in [7, 11) is 0. The average Bonchev–Trinajstić information content (AvgIpc) is 3.31. The van der Waals surface area contributed by atoms with Crippen molar-refractivity contribution in [2.45, 2.75) is 65.2 Å². The lowest BCUT2D eigenvalue weighted by Gasteiger charge is -2.38. The number of nitrogens with one attached hydrogen (secondary N) is 1. The minimum absolute atomic E-state index is 0.0584. The molecule has 1 amide bonds. The van der Waals surface area contributed by atoms with Crippen molar-refractivity contribution in [1.29, 1.82) is 0 Å². The van der Waals surface area contributed by atoms with E-state index in [4.69, 9.17) is 4.74 Å². The Kier molecular flexibility index (Phi) is 7.28. The molecule has 0 bridgehead atoms. The first-order chi connectivity index (χ1) is 15.4. The fraction of sp³-hybridized carbons (Fsp3) is 0.600. The van der Waals surface area contributed by atoms with Crippen molar-refractivity contribution >= 4 is 11.6 Å². The summed E-state index contributed by atoms with van der Waals surface area (Å²) < 4.78 is 7.77. The average molecular weight is 440 g/mol. The first-order valence-electron chi connectivity index (χ1n) is 11.9. The molecule has 7 nitrogen and oxygen atoms in total. The fourth-order valence-corrected chi connectivity index (χ4v) is 5.22. The maximum atomic E-state index is 12.8. The van der Waals surface area contributed by atoms with Gasteiger partial charge in [-0.1, -0.05) is 18.2 Å². The van der Waals surface area contributed by atoms with Crippen LogP contribution >= 0.6 is 0 Å². The highest BCUT2D eigenvalue weighted by molar-refractivity contribution is 5.92. The molecule has 3 heterocycles. The number of carbonyl (C=O) groups is 1. The first kappa shape index (κ1) is 23.0. The molecule has 3 unspecified atom stereocenters. The minimum atomic E-state index is 0.0584. The number of likely N-dealkylation sites (tertiary alicyclic amines) is 1. The van der Waals surface area contributed by atoms with Gasteiger partial charge < -0.3 is 10.1 Å². The number of ether oxygens (including phenoxy) is 1. The van der Waals surface area contributed by atoms with E-state index in [-0.39, 0.29) is 5.91 Å². The summed E-state index contributed by atoms with van der Waals surface area (Å²) in [6, 6.07) is 10.6. The molecule has 7 heteroatoms. The number of morpholine rings is 1. The Hall–Kier alpha value is -2.22. The van der Waals surface area contributed by atoms with E-state index in [1.54, 1.807) is 0 Å². The Morgan fingerprint density at radius 1 is 1.16 bits per heavy atom. The van der Waals surface area contributed by atoms with Crippen LogP contribution in [0.5, 0.6) is 0 Å². The minimum Gasteiger partial charge on any atom is -0.373 e. The van der Waals surface area contributed by atoms with Gasteiger partial charge in [-0.2, -0.15) is 5.10 Å². The molecule has 2 aromatic rings. The van der Waals surface area contributed by atoms with Crippen LogP contribution in [0.1, 0.15) is 44.5 Å². The number of nitrogens with zero attached hydrogens (tertiary/aromatic N) is 4. The van der Waals surface area contributed by atoms with E-state index in [1.165, 1.54) is 12.8 Å². The van der Waals surface area contributed by atoms with Gasteiger partial charge in [0.1, 0.15) is 0 Å². The molecule has 174 valence electrons. The molecule has 2 aliphatic heterocycles. The monoisotopic (exact) mass is 439 g/mol. The smallest absolute Gasteiger partial charge is 0.225 e. The molecule has 3 atom stereocenters. The number of carbonyl (C=O) groups excluding carboxylic acids is 1. The SMILES string of the molecule is Cc1nn(-c2ccccc2)c(C)c1NC(=O)CCN1CCCC1CN1CC(C)OC(C)C1. The Labute approximate surface area is 191 Å². The van der Waals surface area contributed by atoms with Gasteiger partial charge in [0.2, 0.25) is 5.91 Å². The molecule has 0 aliphatic carbocycles. The number of hydrogen-bond donors (Lipinski definition) is 1. The summed E-state index contributed by atoms with van der Waals surface area (Å²) >= 11 is 0. The molecular formula is C25H37N5O2. The van der Waals surface area contributed by atoms with Crippen LogP contribution in [-0.4, -0.2) is 76.5 Å². The van der Waals surface area contributed by atoms with Gasteiger partial charge in [0, 0.05) is 38.6 Å². The van der Waals surface area contributed by atoms with Gasteiger partial charge >= 0.3 is 0 Å². The number of anilines is 1. The highest BCUT2D eigenvalue weighted by atomic mass is 16.5. The van der Waals surface area contributed by atoms with Crippen LogP contribution in [0.15, 0.2) is 30.3 Å². The molecule has 2 saturated heterocycles. The molecule has 0 radical (unpaired) electrons. The lowest BCUT2D eigenvalue weighted by molar-refractivity contribution is -0.116. The van der Waals surface area contributed by atoms with Crippen LogP contribution in [0.25, 0.3) is 5.69 Å². The molecule has 1 N–H and O–H groups in total. The lowest BCUT2D eigenvalue weighted by atomic mass is 10.1. The van der Waals surface area contributed by atoms with Crippen LogP contribution in [0.4, 0.5) is 5.69 Å². The predicted octanol–water partition coefficient (Wildman–Crippen LogP) is 3.39. The normalized spacial score (nSPS) is 24.7. The second-order valence-electron chi connectivity index (χ2n) is 9.40. The topological polar surface area (TPSA) is 62.6 Å². The number of aromatic nitrogens is 2. The van der Waals surface area contributed by atoms with Gasteiger partial charge in [-0.25, -0.2) is 4.68 Å². The Balaban J connectivity index is 1.31. The zero-order valence-corrected chi connectivity index (χ0v) is 19.9. The van der Waals surface area contributed by atoms with Gasteiger partial charge in [0.25, 0.3) is 0 Å². The van der Waals surface area contributed by atoms with Crippen LogP contribution < -0.4 is 5.32 Å². The molecular weight excluding hydrogens is 402 g/mol. The largest absolute Gasteiger partial charge is 0.373 e. The van der Waals surface area contributed by atoms with Gasteiger partial charge in [0.15, 0.2) is 0 Å². The van der Waals surface area contributed by atoms with E-state index in [9.17, 15) is 4.79 Å². The summed E-state index contributed by atoms with van der Waals surface area (Å²) in [5.41, 5.74) is 3.62. The number of hydrogen-bond acceptors (Lipinski definition) is 5. The van der Waals surface area contributed by atoms with E-state index in [1.807, 2.05) is 48.9 Å². The third-order valence-corrected chi connectivity index (χ3v) is 6.65. The summed E-state index contributed by atoms with van der Waals surface area (Å²) in [6.45, 7) is 13.2. The number of amides is 1. The molecule has 2 fully saturated rings. The number of rotatable bonds is 7. The van der Waals surface area contributed by atoms with Gasteiger partial charge in [0.05, 0.1) is 35.0 Å². The summed E-state index contributed by atoms with van der Waals surface area (Å²) in [4.78, 5) is 17.8. The van der Waals surface area contributed by atoms with Crippen LogP contribution in [-0.2, 0) is 9.53 Å². The van der Waals surface area contributed by atoms with Gasteiger partial charge in [-0.3, -0.25) is 14.6 Å². The van der Waals surface area contributed by atoms with Crippen LogP contribution in [0.3, 0.4) is 0 Å². The van der Waals surface area contributed by atoms with Gasteiger partial charge in [-0.05, 0) is 59.2 Å². The van der Waals surface area contributed by atoms with Crippen molar-refractivity contribution in [3.8, 4) is 5.69 Å². The van der Waals surface area contributed by atoms with Crippen molar-refractivity contribution in [1.82, 2.24) is 19.6 Å². The van der Waals surface area contributed by atoms with E-state index >= 15 is 0 Å². The van der Waals surface area contributed by atoms with Crippen molar-refractivity contribution < 1.29 is 9.53 Å². The Morgan fingerprint density at radius 3 is 2.59 bits per heavy atom. The van der Waals surface area contributed by atoms with Crippen molar-refractivity contribution in [2.75, 3.05) is 38.0 Å². The Morgan fingerprint density at radius 2 is 1.88 bits per heavy atom. The van der Waals surface area contributed by atoms with E-state index in [2.05, 4.69) is 34.1 Å². The standard InChI is InChI=1S/C25H37N5O2/c1-18-15-28(16-19(2)32-18)17-23-11-8-13-29(23)14-12-24(31)26-25-20(3)27-30(21(25)4)22-9-6-5-7-10-22/h5-7,9-10,18-19,23H,8,11-17H2,1-4H3,(H,26,31). The summed E-state index contributed by atoms with van der Waals surface area (Å²) in [5, 5.41) is 7.76.